The summed E-state index contributed by atoms with van der Waals surface area (Å²) in [6, 6.07) is 6.63. The van der Waals surface area contributed by atoms with E-state index in [1.54, 1.807) is 18.4 Å². The highest BCUT2D eigenvalue weighted by molar-refractivity contribution is 9.10. The molecule has 2 aromatic carbocycles. The Morgan fingerprint density at radius 1 is 1.23 bits per heavy atom. The van der Waals surface area contributed by atoms with E-state index in [0.29, 0.717) is 22.6 Å². The average molecular weight is 691 g/mol. The summed E-state index contributed by atoms with van der Waals surface area (Å²) in [5.41, 5.74) is 1.21. The molecule has 1 heterocycles. The minimum atomic E-state index is -5.11. The van der Waals surface area contributed by atoms with Gasteiger partial charge in [-0.25, -0.2) is 0 Å². The summed E-state index contributed by atoms with van der Waals surface area (Å²) in [5, 5.41) is 3.65. The van der Waals surface area contributed by atoms with Crippen LogP contribution < -0.4 is 5.73 Å². The number of carbonyl (C=O) groups is 1. The topological polar surface area (TPSA) is 85.0 Å². The van der Waals surface area contributed by atoms with Gasteiger partial charge in [-0.05, 0) is 36.1 Å². The fourth-order valence-corrected chi connectivity index (χ4v) is 5.81. The Kier molecular flexibility index (Phi) is 10.0. The van der Waals surface area contributed by atoms with Crippen molar-refractivity contribution in [3.63, 3.8) is 0 Å². The lowest BCUT2D eigenvalue weighted by Gasteiger charge is -2.30. The number of oxime groups is 1. The van der Waals surface area contributed by atoms with Crippen molar-refractivity contribution in [2.24, 2.45) is 10.9 Å². The smallest absolute Gasteiger partial charge is 0.392 e. The molecule has 218 valence electrons. The Morgan fingerprint density at radius 3 is 2.45 bits per heavy atom. The lowest BCUT2D eigenvalue weighted by Crippen LogP contribution is -2.43. The molecule has 6 nitrogen and oxygen atoms in total. The van der Waals surface area contributed by atoms with Gasteiger partial charge in [0.1, 0.15) is 5.75 Å². The molecule has 0 aromatic heterocycles. The highest BCUT2D eigenvalue weighted by Gasteiger charge is 2.62. The summed E-state index contributed by atoms with van der Waals surface area (Å²) < 4.78 is 94.6. The van der Waals surface area contributed by atoms with Crippen molar-refractivity contribution in [2.75, 3.05) is 24.8 Å². The fraction of sp³-hybridized carbons (Fsp3) is 0.375. The lowest BCUT2D eigenvalue weighted by atomic mass is 9.85. The van der Waals surface area contributed by atoms with Gasteiger partial charge in [0.25, 0.3) is 5.60 Å². The largest absolute Gasteiger partial charge is 0.435 e. The fourth-order valence-electron chi connectivity index (χ4n) is 3.99. The number of hydrogen-bond donors (Lipinski definition) is 1. The highest BCUT2D eigenvalue weighted by Crippen LogP contribution is 2.50. The zero-order valence-corrected chi connectivity index (χ0v) is 24.9. The van der Waals surface area contributed by atoms with Gasteiger partial charge in [0.05, 0.1) is 22.8 Å². The SMILES string of the molecule is CSc1cc(C2=NOC(c3cc(Br)cc(C(F)(F)F)c3)(C(F)(F)F)C2)ccc1CN(CC(N)=S)C(=O)CS(C)=O. The van der Waals surface area contributed by atoms with Crippen molar-refractivity contribution < 1.29 is 40.2 Å². The molecule has 0 aliphatic carbocycles. The second-order valence-corrected chi connectivity index (χ2v) is 12.5. The summed E-state index contributed by atoms with van der Waals surface area (Å²) in [6.45, 7) is -0.0281. The molecule has 2 atom stereocenters. The number of hydrogen-bond acceptors (Lipinski definition) is 6. The Morgan fingerprint density at radius 2 is 1.90 bits per heavy atom. The molecule has 0 fully saturated rings. The quantitative estimate of drug-likeness (QED) is 0.205. The van der Waals surface area contributed by atoms with Crippen LogP contribution in [-0.2, 0) is 38.8 Å². The molecule has 2 N–H and O–H groups in total. The van der Waals surface area contributed by atoms with Crippen LogP contribution in [0.5, 0.6) is 0 Å². The molecule has 0 saturated heterocycles. The van der Waals surface area contributed by atoms with Gasteiger partial charge in [0, 0.05) is 50.5 Å². The van der Waals surface area contributed by atoms with Crippen molar-refractivity contribution in [1.29, 1.82) is 0 Å². The maximum Gasteiger partial charge on any atom is 0.435 e. The number of benzene rings is 2. The Balaban J connectivity index is 1.96. The monoisotopic (exact) mass is 689 g/mol. The van der Waals surface area contributed by atoms with Gasteiger partial charge in [0.2, 0.25) is 5.91 Å². The zero-order valence-electron chi connectivity index (χ0n) is 20.9. The van der Waals surface area contributed by atoms with Gasteiger partial charge in [0.15, 0.2) is 0 Å². The third-order valence-corrected chi connectivity index (χ3v) is 7.95. The summed E-state index contributed by atoms with van der Waals surface area (Å²) in [7, 11) is -1.41. The molecule has 40 heavy (non-hydrogen) atoms. The van der Waals surface area contributed by atoms with Gasteiger partial charge in [-0.15, -0.1) is 11.8 Å². The summed E-state index contributed by atoms with van der Waals surface area (Å²) in [4.78, 5) is 19.5. The predicted molar refractivity (Wildman–Crippen MR) is 148 cm³/mol. The molecule has 0 bridgehead atoms. The number of nitrogens with zero attached hydrogens (tertiary/aromatic N) is 2. The highest BCUT2D eigenvalue weighted by atomic mass is 79.9. The zero-order chi connectivity index (χ0) is 30.0. The molecule has 1 aliphatic rings. The van der Waals surface area contributed by atoms with Crippen LogP contribution >= 0.6 is 39.9 Å². The van der Waals surface area contributed by atoms with Crippen molar-refractivity contribution in [3.05, 3.63) is 63.1 Å². The molecule has 1 aliphatic heterocycles. The summed E-state index contributed by atoms with van der Waals surface area (Å²) >= 11 is 9.04. The minimum Gasteiger partial charge on any atom is -0.392 e. The van der Waals surface area contributed by atoms with E-state index >= 15 is 0 Å². The van der Waals surface area contributed by atoms with Gasteiger partial charge in [-0.1, -0.05) is 45.4 Å². The number of halogens is 7. The van der Waals surface area contributed by atoms with Crippen LogP contribution in [0.4, 0.5) is 26.3 Å². The number of alkyl halides is 6. The van der Waals surface area contributed by atoms with E-state index in [9.17, 15) is 35.3 Å². The lowest BCUT2D eigenvalue weighted by molar-refractivity contribution is -0.276. The standard InChI is InChI=1S/C24H22BrF6N3O3S3/c1-39-19-5-13(3-4-14(19)10-34(11-20(32)38)21(35)12-40(2)36)18-9-22(37-33-18,24(29,30)31)15-6-16(23(26,27)28)8-17(25)7-15/h3-8H,9-12H2,1-2H3,(H2,32,38). The molecular formula is C24H22BrF6N3O3S3. The van der Waals surface area contributed by atoms with E-state index in [-0.39, 0.29) is 39.6 Å². The minimum absolute atomic E-state index is 0.0392. The normalized spacial score (nSPS) is 18.2. The number of amides is 1. The molecule has 3 rings (SSSR count). The van der Waals surface area contributed by atoms with Crippen LogP contribution in [-0.4, -0.2) is 56.7 Å². The molecule has 2 unspecified atom stereocenters. The van der Waals surface area contributed by atoms with E-state index in [2.05, 4.69) is 21.1 Å². The van der Waals surface area contributed by atoms with E-state index in [1.165, 1.54) is 29.0 Å². The van der Waals surface area contributed by atoms with Crippen LogP contribution in [0, 0.1) is 0 Å². The molecule has 2 aromatic rings. The number of nitrogens with two attached hydrogens (primary N) is 1. The third kappa shape index (κ3) is 7.36. The molecule has 16 heteroatoms. The van der Waals surface area contributed by atoms with Gasteiger partial charge in [-0.3, -0.25) is 9.00 Å². The van der Waals surface area contributed by atoms with Crippen LogP contribution in [0.25, 0.3) is 0 Å². The second-order valence-electron chi connectivity index (χ2n) is 8.82. The van der Waals surface area contributed by atoms with Crippen molar-refractivity contribution in [3.8, 4) is 0 Å². The number of rotatable bonds is 9. The van der Waals surface area contributed by atoms with Crippen LogP contribution in [0.15, 0.2) is 50.9 Å². The number of carbonyl (C=O) groups excluding carboxylic acids is 1. The van der Waals surface area contributed by atoms with Gasteiger partial charge in [-0.2, -0.15) is 26.3 Å². The van der Waals surface area contributed by atoms with Gasteiger partial charge < -0.3 is 15.5 Å². The van der Waals surface area contributed by atoms with Crippen molar-refractivity contribution >= 4 is 67.3 Å². The molecule has 1 amide bonds. The first-order chi connectivity index (χ1) is 18.5. The van der Waals surface area contributed by atoms with Crippen LogP contribution in [0.1, 0.15) is 28.7 Å². The summed E-state index contributed by atoms with van der Waals surface area (Å²) in [6.07, 6.45) is -7.76. The second kappa shape index (κ2) is 12.4. The first-order valence-corrected chi connectivity index (χ1v) is 15.4. The van der Waals surface area contributed by atoms with Crippen LogP contribution in [0.2, 0.25) is 0 Å². The molecule has 0 radical (unpaired) electrons. The Hall–Kier alpha value is -2.17. The van der Waals surface area contributed by atoms with Crippen LogP contribution in [0.3, 0.4) is 0 Å². The van der Waals surface area contributed by atoms with Gasteiger partial charge >= 0.3 is 12.4 Å². The first kappa shape index (κ1) is 32.3. The van der Waals surface area contributed by atoms with E-state index in [0.717, 1.165) is 6.07 Å². The predicted octanol–water partition coefficient (Wildman–Crippen LogP) is 5.77. The molecule has 0 saturated carbocycles. The summed E-state index contributed by atoms with van der Waals surface area (Å²) in [5.74, 6) is -0.685. The maximum atomic E-state index is 14.4. The third-order valence-electron chi connectivity index (χ3n) is 5.89. The molecule has 0 spiro atoms. The average Bonchev–Trinajstić information content (AvgIpc) is 3.29. The number of thioether (sulfide) groups is 1. The van der Waals surface area contributed by atoms with Crippen molar-refractivity contribution in [1.82, 2.24) is 4.90 Å². The van der Waals surface area contributed by atoms with E-state index < -0.39 is 52.2 Å². The Bertz CT molecular complexity index is 1370. The molecular weight excluding hydrogens is 668 g/mol. The first-order valence-electron chi connectivity index (χ1n) is 11.2. The van der Waals surface area contributed by atoms with Crippen molar-refractivity contribution in [2.45, 2.75) is 35.8 Å². The Labute approximate surface area is 246 Å². The van der Waals surface area contributed by atoms with E-state index in [4.69, 9.17) is 22.8 Å². The number of thiocarbonyl (C=S) groups is 1. The van der Waals surface area contributed by atoms with E-state index in [1.807, 2.05) is 0 Å². The maximum absolute atomic E-state index is 14.4.